The number of carbonyl (C=O) groups is 2. The molecule has 0 aromatic carbocycles. The Kier molecular flexibility index (Phi) is 5.92. The molecule has 0 spiro atoms. The smallest absolute Gasteiger partial charge is 0.311 e. The number of carbonyl (C=O) groups excluding carboxylic acids is 1. The Morgan fingerprint density at radius 2 is 1.90 bits per heavy atom. The largest absolute Gasteiger partial charge is 0.481 e. The van der Waals surface area contributed by atoms with E-state index in [1.54, 1.807) is 16.7 Å². The summed E-state index contributed by atoms with van der Waals surface area (Å²) in [5.74, 6) is 0.541. The molecule has 0 aromatic heterocycles. The summed E-state index contributed by atoms with van der Waals surface area (Å²) in [4.78, 5) is 26.0. The molecule has 1 rings (SSSR count). The molecule has 1 fully saturated rings. The van der Waals surface area contributed by atoms with Crippen LogP contribution in [-0.4, -0.2) is 46.0 Å². The Labute approximate surface area is 126 Å². The summed E-state index contributed by atoms with van der Waals surface area (Å²) in [6.45, 7) is 10.9. The number of aliphatic carboxylic acids is 1. The van der Waals surface area contributed by atoms with Crippen LogP contribution in [0, 0.1) is 17.3 Å². The monoisotopic (exact) mass is 301 g/mol. The van der Waals surface area contributed by atoms with Gasteiger partial charge in [-0.2, -0.15) is 0 Å². The Morgan fingerprint density at radius 3 is 2.25 bits per heavy atom. The molecule has 4 nitrogen and oxygen atoms in total. The molecule has 1 amide bonds. The second kappa shape index (κ2) is 6.83. The first-order valence-electron chi connectivity index (χ1n) is 7.40. The molecule has 0 bridgehead atoms. The van der Waals surface area contributed by atoms with Crippen molar-refractivity contribution in [3.05, 3.63) is 0 Å². The quantitative estimate of drug-likeness (QED) is 0.819. The SMILES string of the molecule is CCSC(C(=O)N1CCC(C(=O)O)(C(C)C)C1)C(C)C. The van der Waals surface area contributed by atoms with Crippen molar-refractivity contribution in [2.24, 2.45) is 17.3 Å². The van der Waals surface area contributed by atoms with Gasteiger partial charge in [0.15, 0.2) is 0 Å². The predicted octanol–water partition coefficient (Wildman–Crippen LogP) is 2.72. The third-order valence-electron chi connectivity index (χ3n) is 4.34. The van der Waals surface area contributed by atoms with Crippen molar-refractivity contribution in [1.29, 1.82) is 0 Å². The van der Waals surface area contributed by atoms with Gasteiger partial charge in [-0.3, -0.25) is 9.59 Å². The van der Waals surface area contributed by atoms with Crippen molar-refractivity contribution in [2.45, 2.75) is 46.3 Å². The summed E-state index contributed by atoms with van der Waals surface area (Å²) in [6.07, 6.45) is 0.563. The van der Waals surface area contributed by atoms with Crippen LogP contribution in [0.4, 0.5) is 0 Å². The Balaban J connectivity index is 2.85. The van der Waals surface area contributed by atoms with Gasteiger partial charge in [0.1, 0.15) is 0 Å². The van der Waals surface area contributed by atoms with Gasteiger partial charge in [0, 0.05) is 13.1 Å². The predicted molar refractivity (Wildman–Crippen MR) is 82.9 cm³/mol. The summed E-state index contributed by atoms with van der Waals surface area (Å²) in [6, 6.07) is 0. The van der Waals surface area contributed by atoms with Gasteiger partial charge in [-0.1, -0.05) is 34.6 Å². The topological polar surface area (TPSA) is 57.6 Å². The van der Waals surface area contributed by atoms with Crippen molar-refractivity contribution in [3.8, 4) is 0 Å². The Bertz CT molecular complexity index is 370. The van der Waals surface area contributed by atoms with Crippen molar-refractivity contribution in [1.82, 2.24) is 4.90 Å². The number of hydrogen-bond acceptors (Lipinski definition) is 3. The minimum atomic E-state index is -0.771. The maximum atomic E-state index is 12.6. The standard InChI is InChI=1S/C15H27NO3S/c1-6-20-12(10(2)3)13(17)16-8-7-15(9-16,11(4)5)14(18)19/h10-12H,6-9H2,1-5H3,(H,18,19). The lowest BCUT2D eigenvalue weighted by Gasteiger charge is -2.30. The number of nitrogens with zero attached hydrogens (tertiary/aromatic N) is 1. The van der Waals surface area contributed by atoms with Gasteiger partial charge in [0.2, 0.25) is 5.91 Å². The van der Waals surface area contributed by atoms with Gasteiger partial charge in [-0.15, -0.1) is 11.8 Å². The van der Waals surface area contributed by atoms with E-state index in [-0.39, 0.29) is 23.0 Å². The number of carboxylic acids is 1. The van der Waals surface area contributed by atoms with Crippen LogP contribution in [0.1, 0.15) is 41.0 Å². The van der Waals surface area contributed by atoms with E-state index in [0.717, 1.165) is 5.75 Å². The number of hydrogen-bond donors (Lipinski definition) is 1. The molecule has 1 N–H and O–H groups in total. The first-order valence-corrected chi connectivity index (χ1v) is 8.45. The van der Waals surface area contributed by atoms with Gasteiger partial charge in [-0.25, -0.2) is 0 Å². The fourth-order valence-corrected chi connectivity index (χ4v) is 3.86. The minimum Gasteiger partial charge on any atom is -0.481 e. The van der Waals surface area contributed by atoms with Crippen molar-refractivity contribution in [3.63, 3.8) is 0 Å². The van der Waals surface area contributed by atoms with Gasteiger partial charge < -0.3 is 10.0 Å². The van der Waals surface area contributed by atoms with E-state index in [2.05, 4.69) is 0 Å². The van der Waals surface area contributed by atoms with E-state index in [4.69, 9.17) is 0 Å². The highest BCUT2D eigenvalue weighted by molar-refractivity contribution is 8.00. The molecule has 5 heteroatoms. The van der Waals surface area contributed by atoms with Crippen LogP contribution in [0.3, 0.4) is 0 Å². The first-order chi connectivity index (χ1) is 9.26. The highest BCUT2D eigenvalue weighted by atomic mass is 32.2. The normalized spacial score (nSPS) is 24.4. The van der Waals surface area contributed by atoms with Gasteiger partial charge in [0.05, 0.1) is 10.7 Å². The Hall–Kier alpha value is -0.710. The molecule has 1 aliphatic heterocycles. The van der Waals surface area contributed by atoms with E-state index in [1.165, 1.54) is 0 Å². The molecule has 1 saturated heterocycles. The van der Waals surface area contributed by atoms with E-state index >= 15 is 0 Å². The van der Waals surface area contributed by atoms with Crippen LogP contribution < -0.4 is 0 Å². The molecule has 20 heavy (non-hydrogen) atoms. The highest BCUT2D eigenvalue weighted by Gasteiger charge is 2.49. The van der Waals surface area contributed by atoms with Crippen LogP contribution in [0.25, 0.3) is 0 Å². The minimum absolute atomic E-state index is 0.0362. The van der Waals surface area contributed by atoms with E-state index < -0.39 is 11.4 Å². The average molecular weight is 301 g/mol. The molecule has 1 aliphatic rings. The summed E-state index contributed by atoms with van der Waals surface area (Å²) in [7, 11) is 0. The maximum Gasteiger partial charge on any atom is 0.311 e. The Morgan fingerprint density at radius 1 is 1.30 bits per heavy atom. The zero-order chi connectivity index (χ0) is 15.5. The molecule has 0 saturated carbocycles. The van der Waals surface area contributed by atoms with Crippen LogP contribution in [0.15, 0.2) is 0 Å². The van der Waals surface area contributed by atoms with E-state index in [1.807, 2.05) is 34.6 Å². The number of rotatable bonds is 6. The van der Waals surface area contributed by atoms with Crippen LogP contribution in [0.2, 0.25) is 0 Å². The summed E-state index contributed by atoms with van der Waals surface area (Å²) in [5, 5.41) is 9.48. The molecule has 2 atom stereocenters. The van der Waals surface area contributed by atoms with Gasteiger partial charge in [-0.05, 0) is 24.0 Å². The zero-order valence-corrected chi connectivity index (χ0v) is 14.0. The number of thioether (sulfide) groups is 1. The van der Waals surface area contributed by atoms with Crippen LogP contribution >= 0.6 is 11.8 Å². The van der Waals surface area contributed by atoms with E-state index in [9.17, 15) is 14.7 Å². The van der Waals surface area contributed by atoms with Crippen molar-refractivity contribution in [2.75, 3.05) is 18.8 Å². The number of carboxylic acid groups (broad SMARTS) is 1. The fourth-order valence-electron chi connectivity index (χ4n) is 2.82. The third kappa shape index (κ3) is 3.30. The van der Waals surface area contributed by atoms with Gasteiger partial charge in [0.25, 0.3) is 0 Å². The lowest BCUT2D eigenvalue weighted by atomic mass is 9.76. The lowest BCUT2D eigenvalue weighted by Crippen LogP contribution is -2.43. The average Bonchev–Trinajstić information content (AvgIpc) is 2.81. The molecule has 0 aliphatic carbocycles. The molecule has 2 unspecified atom stereocenters. The number of likely N-dealkylation sites (tertiary alicyclic amines) is 1. The van der Waals surface area contributed by atoms with Crippen LogP contribution in [-0.2, 0) is 9.59 Å². The fraction of sp³-hybridized carbons (Fsp3) is 0.867. The number of amides is 1. The van der Waals surface area contributed by atoms with Crippen molar-refractivity contribution < 1.29 is 14.7 Å². The highest BCUT2D eigenvalue weighted by Crippen LogP contribution is 2.39. The molecular weight excluding hydrogens is 274 g/mol. The second-order valence-corrected chi connectivity index (χ2v) is 7.66. The lowest BCUT2D eigenvalue weighted by molar-refractivity contribution is -0.151. The molecule has 116 valence electrons. The van der Waals surface area contributed by atoms with Gasteiger partial charge >= 0.3 is 5.97 Å². The van der Waals surface area contributed by atoms with E-state index in [0.29, 0.717) is 19.5 Å². The zero-order valence-electron chi connectivity index (χ0n) is 13.2. The summed E-state index contributed by atoms with van der Waals surface area (Å²) < 4.78 is 0. The molecule has 1 heterocycles. The first kappa shape index (κ1) is 17.3. The molecule has 0 radical (unpaired) electrons. The van der Waals surface area contributed by atoms with Crippen molar-refractivity contribution >= 4 is 23.6 Å². The van der Waals surface area contributed by atoms with Crippen LogP contribution in [0.5, 0.6) is 0 Å². The molecular formula is C15H27NO3S. The third-order valence-corrected chi connectivity index (χ3v) is 5.78. The summed E-state index contributed by atoms with van der Waals surface area (Å²) in [5.41, 5.74) is -0.770. The maximum absolute atomic E-state index is 12.6. The molecule has 0 aromatic rings. The summed E-state index contributed by atoms with van der Waals surface area (Å²) >= 11 is 1.66. The second-order valence-electron chi connectivity index (χ2n) is 6.25.